The maximum Gasteiger partial charge on any atom is 0.231 e. The maximum absolute atomic E-state index is 14.5. The minimum atomic E-state index is -1.48. The van der Waals surface area contributed by atoms with Crippen LogP contribution in [0.1, 0.15) is 27.4 Å². The van der Waals surface area contributed by atoms with Crippen molar-refractivity contribution in [3.05, 3.63) is 91.7 Å². The molecule has 0 aliphatic heterocycles. The summed E-state index contributed by atoms with van der Waals surface area (Å²) in [6.07, 6.45) is -0.784. The fourth-order valence-corrected chi connectivity index (χ4v) is 5.24. The second-order valence-electron chi connectivity index (χ2n) is 8.14. The van der Waals surface area contributed by atoms with Crippen LogP contribution < -0.4 is 11.1 Å². The Labute approximate surface area is 228 Å². The summed E-state index contributed by atoms with van der Waals surface area (Å²) in [6, 6.07) is 8.60. The molecule has 36 heavy (non-hydrogen) atoms. The van der Waals surface area contributed by atoms with Crippen molar-refractivity contribution < 1.29 is 22.8 Å². The Morgan fingerprint density at radius 1 is 0.944 bits per heavy atom. The SMILES string of the molecule is Nc1ccc(F)c(CC(=O)c2cc(NC(=O)[C@H]3[C@H](c4ccc(Cl)c(Cl)c4)C3(Cl)Cl)cc(F)c2Cl)c1F. The molecule has 4 nitrogen and oxygen atoms in total. The number of hydrogen-bond acceptors (Lipinski definition) is 3. The third kappa shape index (κ3) is 5.00. The number of nitrogen functional groups attached to an aromatic ring is 1. The van der Waals surface area contributed by atoms with Gasteiger partial charge in [0.25, 0.3) is 0 Å². The lowest BCUT2D eigenvalue weighted by Crippen LogP contribution is -2.18. The smallest absolute Gasteiger partial charge is 0.231 e. The first-order valence-corrected chi connectivity index (χ1v) is 12.1. The molecule has 0 radical (unpaired) electrons. The lowest BCUT2D eigenvalue weighted by Gasteiger charge is -2.11. The summed E-state index contributed by atoms with van der Waals surface area (Å²) in [4.78, 5) is 25.7. The fraction of sp³-hybridized carbons (Fsp3) is 0.167. The number of alkyl halides is 2. The van der Waals surface area contributed by atoms with Crippen LogP contribution in [0.15, 0.2) is 42.5 Å². The standard InChI is InChI=1S/C24H14Cl5F3N2O2/c25-13-2-1-9(5-14(13)26)19-20(24(19,28)29)23(36)34-10-6-12(21(27)16(31)7-10)18(35)8-11-15(30)3-4-17(33)22(11)32/h1-7,19-20H,8,33H2,(H,34,36)/t19-,20+/m0/s1. The molecule has 0 heterocycles. The van der Waals surface area contributed by atoms with E-state index in [-0.39, 0.29) is 16.4 Å². The minimum Gasteiger partial charge on any atom is -0.396 e. The van der Waals surface area contributed by atoms with Crippen LogP contribution in [0.5, 0.6) is 0 Å². The molecule has 1 aliphatic rings. The van der Waals surface area contributed by atoms with E-state index in [2.05, 4.69) is 5.32 Å². The molecule has 1 aliphatic carbocycles. The highest BCUT2D eigenvalue weighted by atomic mass is 35.5. The summed E-state index contributed by atoms with van der Waals surface area (Å²) in [6.45, 7) is 0. The summed E-state index contributed by atoms with van der Waals surface area (Å²) in [7, 11) is 0. The average Bonchev–Trinajstić information content (AvgIpc) is 3.39. The van der Waals surface area contributed by atoms with Crippen LogP contribution >= 0.6 is 58.0 Å². The maximum atomic E-state index is 14.5. The number of nitrogens with one attached hydrogen (secondary N) is 1. The molecular formula is C24H14Cl5F3N2O2. The van der Waals surface area contributed by atoms with Crippen molar-refractivity contribution in [2.24, 2.45) is 5.92 Å². The lowest BCUT2D eigenvalue weighted by molar-refractivity contribution is -0.117. The minimum absolute atomic E-state index is 0.136. The van der Waals surface area contributed by atoms with E-state index in [1.165, 1.54) is 12.1 Å². The molecule has 3 aromatic rings. The molecule has 2 atom stereocenters. The van der Waals surface area contributed by atoms with Gasteiger partial charge in [-0.1, -0.05) is 40.9 Å². The number of amides is 1. The molecule has 12 heteroatoms. The van der Waals surface area contributed by atoms with Crippen LogP contribution in [0, 0.1) is 23.4 Å². The molecule has 188 valence electrons. The van der Waals surface area contributed by atoms with Crippen LogP contribution in [0.25, 0.3) is 0 Å². The van der Waals surface area contributed by atoms with Crippen LogP contribution in [-0.4, -0.2) is 16.0 Å². The van der Waals surface area contributed by atoms with E-state index in [0.29, 0.717) is 10.6 Å². The van der Waals surface area contributed by atoms with Gasteiger partial charge in [0.2, 0.25) is 5.91 Å². The summed E-state index contributed by atoms with van der Waals surface area (Å²) in [5, 5.41) is 2.44. The number of carbonyl (C=O) groups excluding carboxylic acids is 2. The predicted octanol–water partition coefficient (Wildman–Crippen LogP) is 7.60. The Hall–Kier alpha value is -2.16. The highest BCUT2D eigenvalue weighted by molar-refractivity contribution is 6.53. The Bertz CT molecular complexity index is 1420. The average molecular weight is 597 g/mol. The number of ketones is 1. The van der Waals surface area contributed by atoms with Crippen LogP contribution in [-0.2, 0) is 11.2 Å². The van der Waals surface area contributed by atoms with E-state index >= 15 is 0 Å². The third-order valence-electron chi connectivity index (χ3n) is 5.79. The van der Waals surface area contributed by atoms with E-state index < -0.39 is 67.9 Å². The monoisotopic (exact) mass is 594 g/mol. The zero-order valence-electron chi connectivity index (χ0n) is 17.8. The topological polar surface area (TPSA) is 72.2 Å². The van der Waals surface area contributed by atoms with E-state index in [1.54, 1.807) is 6.07 Å². The highest BCUT2D eigenvalue weighted by Crippen LogP contribution is 2.65. The number of benzene rings is 3. The Morgan fingerprint density at radius 3 is 2.31 bits per heavy atom. The predicted molar refractivity (Wildman–Crippen MR) is 136 cm³/mol. The molecule has 4 rings (SSSR count). The van der Waals surface area contributed by atoms with Crippen molar-refractivity contribution in [1.29, 1.82) is 0 Å². The molecule has 0 bridgehead atoms. The van der Waals surface area contributed by atoms with Gasteiger partial charge in [0.15, 0.2) is 11.6 Å². The van der Waals surface area contributed by atoms with Crippen LogP contribution in [0.4, 0.5) is 24.5 Å². The summed E-state index contributed by atoms with van der Waals surface area (Å²) < 4.78 is 41.4. The van der Waals surface area contributed by atoms with Crippen LogP contribution in [0.3, 0.4) is 0 Å². The summed E-state index contributed by atoms with van der Waals surface area (Å²) in [5.41, 5.74) is 4.52. The van der Waals surface area contributed by atoms with Crippen molar-refractivity contribution >= 4 is 81.1 Å². The summed E-state index contributed by atoms with van der Waals surface area (Å²) >= 11 is 30.6. The second kappa shape index (κ2) is 9.95. The van der Waals surface area contributed by atoms with Crippen molar-refractivity contribution in [2.75, 3.05) is 11.1 Å². The lowest BCUT2D eigenvalue weighted by atomic mass is 10.0. The van der Waals surface area contributed by atoms with Gasteiger partial charge in [-0.3, -0.25) is 9.59 Å². The number of Topliss-reactive ketones (excluding diaryl/α,β-unsaturated/α-hetero) is 1. The number of anilines is 2. The third-order valence-corrected chi connectivity index (χ3v) is 7.85. The number of hydrogen-bond donors (Lipinski definition) is 2. The molecule has 3 N–H and O–H groups in total. The number of nitrogens with two attached hydrogens (primary N) is 1. The number of rotatable bonds is 6. The van der Waals surface area contributed by atoms with Gasteiger partial charge in [0, 0.05) is 29.2 Å². The zero-order chi connectivity index (χ0) is 26.5. The van der Waals surface area contributed by atoms with Crippen molar-refractivity contribution in [2.45, 2.75) is 16.7 Å². The molecule has 3 aromatic carbocycles. The van der Waals surface area contributed by atoms with Gasteiger partial charge >= 0.3 is 0 Å². The van der Waals surface area contributed by atoms with E-state index in [1.807, 2.05) is 0 Å². The molecule has 0 saturated heterocycles. The Morgan fingerprint density at radius 2 is 1.64 bits per heavy atom. The normalized spacial score (nSPS) is 18.1. The Balaban J connectivity index is 1.57. The number of halogens is 8. The highest BCUT2D eigenvalue weighted by Gasteiger charge is 2.67. The fourth-order valence-electron chi connectivity index (χ4n) is 3.89. The molecule has 0 unspecified atom stereocenters. The second-order valence-corrected chi connectivity index (χ2v) is 10.8. The molecule has 1 amide bonds. The quantitative estimate of drug-likeness (QED) is 0.175. The van der Waals surface area contributed by atoms with Gasteiger partial charge < -0.3 is 11.1 Å². The first-order chi connectivity index (χ1) is 16.8. The van der Waals surface area contributed by atoms with E-state index in [0.717, 1.165) is 24.3 Å². The summed E-state index contributed by atoms with van der Waals surface area (Å²) in [5.74, 6) is -6.28. The molecule has 1 fully saturated rings. The molecule has 0 spiro atoms. The van der Waals surface area contributed by atoms with Gasteiger partial charge in [-0.15, -0.1) is 23.2 Å². The molecular weight excluding hydrogens is 583 g/mol. The van der Waals surface area contributed by atoms with Crippen LogP contribution in [0.2, 0.25) is 15.1 Å². The van der Waals surface area contributed by atoms with Gasteiger partial charge in [-0.05, 0) is 42.0 Å². The first kappa shape index (κ1) is 26.9. The van der Waals surface area contributed by atoms with Crippen molar-refractivity contribution in [3.63, 3.8) is 0 Å². The van der Waals surface area contributed by atoms with Crippen molar-refractivity contribution in [3.8, 4) is 0 Å². The van der Waals surface area contributed by atoms with E-state index in [9.17, 15) is 22.8 Å². The zero-order valence-corrected chi connectivity index (χ0v) is 21.6. The van der Waals surface area contributed by atoms with Gasteiger partial charge in [0.1, 0.15) is 16.0 Å². The van der Waals surface area contributed by atoms with Gasteiger partial charge in [-0.25, -0.2) is 13.2 Å². The van der Waals surface area contributed by atoms with Gasteiger partial charge in [-0.2, -0.15) is 0 Å². The first-order valence-electron chi connectivity index (χ1n) is 10.2. The number of carbonyl (C=O) groups is 2. The Kier molecular flexibility index (Phi) is 7.43. The van der Waals surface area contributed by atoms with Crippen molar-refractivity contribution in [1.82, 2.24) is 0 Å². The molecule has 1 saturated carbocycles. The largest absolute Gasteiger partial charge is 0.396 e. The van der Waals surface area contributed by atoms with Gasteiger partial charge in [0.05, 0.1) is 26.7 Å². The molecule has 0 aromatic heterocycles. The van der Waals surface area contributed by atoms with E-state index in [4.69, 9.17) is 63.7 Å².